The van der Waals surface area contributed by atoms with Gasteiger partial charge in [-0.15, -0.1) is 0 Å². The van der Waals surface area contributed by atoms with Crippen molar-refractivity contribution in [3.8, 4) is 11.3 Å². The molecule has 0 aliphatic rings. The lowest BCUT2D eigenvalue weighted by Crippen LogP contribution is -2.16. The van der Waals surface area contributed by atoms with E-state index in [-0.39, 0.29) is 16.5 Å². The molecule has 1 amide bonds. The highest BCUT2D eigenvalue weighted by atomic mass is 35.5. The molecule has 1 N–H and O–H groups in total. The van der Waals surface area contributed by atoms with Crippen LogP contribution in [0.5, 0.6) is 0 Å². The number of halogens is 1. The zero-order valence-corrected chi connectivity index (χ0v) is 19.6. The van der Waals surface area contributed by atoms with Crippen LogP contribution in [0.1, 0.15) is 21.7 Å². The Morgan fingerprint density at radius 3 is 2.61 bits per heavy atom. The van der Waals surface area contributed by atoms with E-state index in [9.17, 15) is 14.9 Å². The topological polar surface area (TPSA) is 103 Å². The predicted octanol–water partition coefficient (Wildman–Crippen LogP) is 6.28. The van der Waals surface area contributed by atoms with Crippen molar-refractivity contribution in [2.45, 2.75) is 6.54 Å². The predicted molar refractivity (Wildman–Crippen MR) is 138 cm³/mol. The van der Waals surface area contributed by atoms with Gasteiger partial charge in [0, 0.05) is 46.9 Å². The van der Waals surface area contributed by atoms with Crippen LogP contribution in [0.3, 0.4) is 0 Å². The minimum absolute atomic E-state index is 0.0306. The first-order valence-corrected chi connectivity index (χ1v) is 11.4. The molecule has 5 aromatic rings. The monoisotopic (exact) mass is 498 g/mol. The summed E-state index contributed by atoms with van der Waals surface area (Å²) in [5.41, 5.74) is 5.89. The maximum atomic E-state index is 12.6. The third-order valence-electron chi connectivity index (χ3n) is 5.64. The number of hydrazone groups is 1. The molecule has 2 aromatic heterocycles. The van der Waals surface area contributed by atoms with Crippen molar-refractivity contribution in [1.82, 2.24) is 9.99 Å². The SMILES string of the molecule is O=C(NN=Cc1cn(Cc2ccccc2)c2ccccc12)c1ccc(-c2ccc([N+](=O)[O-])cc2Cl)o1. The van der Waals surface area contributed by atoms with Gasteiger partial charge in [0.2, 0.25) is 0 Å². The van der Waals surface area contributed by atoms with E-state index in [1.54, 1.807) is 12.3 Å². The van der Waals surface area contributed by atoms with Crippen LogP contribution in [-0.4, -0.2) is 21.6 Å². The van der Waals surface area contributed by atoms with Gasteiger partial charge in [0.05, 0.1) is 16.2 Å². The number of aromatic nitrogens is 1. The quantitative estimate of drug-likeness (QED) is 0.162. The summed E-state index contributed by atoms with van der Waals surface area (Å²) in [6.45, 7) is 0.710. The highest BCUT2D eigenvalue weighted by Crippen LogP contribution is 2.32. The van der Waals surface area contributed by atoms with Gasteiger partial charge in [0.15, 0.2) is 5.76 Å². The number of hydrogen-bond acceptors (Lipinski definition) is 5. The number of nitrogens with zero attached hydrogens (tertiary/aromatic N) is 3. The van der Waals surface area contributed by atoms with Gasteiger partial charge < -0.3 is 8.98 Å². The molecule has 0 spiro atoms. The fourth-order valence-electron chi connectivity index (χ4n) is 3.93. The second-order valence-corrected chi connectivity index (χ2v) is 8.41. The molecule has 0 saturated carbocycles. The Kier molecular flexibility index (Phi) is 6.34. The minimum Gasteiger partial charge on any atom is -0.451 e. The first-order chi connectivity index (χ1) is 17.5. The molecule has 0 aliphatic heterocycles. The molecule has 0 radical (unpaired) electrons. The van der Waals surface area contributed by atoms with Crippen LogP contribution < -0.4 is 5.43 Å². The van der Waals surface area contributed by atoms with Gasteiger partial charge in [-0.1, -0.05) is 60.1 Å². The van der Waals surface area contributed by atoms with E-state index in [0.29, 0.717) is 17.9 Å². The van der Waals surface area contributed by atoms with Gasteiger partial charge in [-0.05, 0) is 29.8 Å². The number of para-hydroxylation sites is 1. The molecule has 5 rings (SSSR count). The molecule has 36 heavy (non-hydrogen) atoms. The summed E-state index contributed by atoms with van der Waals surface area (Å²) in [6.07, 6.45) is 3.59. The van der Waals surface area contributed by atoms with Crippen LogP contribution in [0, 0.1) is 10.1 Å². The van der Waals surface area contributed by atoms with E-state index in [1.807, 2.05) is 48.7 Å². The standard InChI is InChI=1S/C27H19ClN4O4/c28-23-14-20(32(34)35)10-11-22(23)25-12-13-26(36-25)27(33)30-29-15-19-17-31(16-18-6-2-1-3-7-18)24-9-5-4-8-21(19)24/h1-15,17H,16H2,(H,30,33). The highest BCUT2D eigenvalue weighted by molar-refractivity contribution is 6.33. The number of fused-ring (bicyclic) bond motifs is 1. The van der Waals surface area contributed by atoms with Gasteiger partial charge >= 0.3 is 5.91 Å². The fraction of sp³-hybridized carbons (Fsp3) is 0.0370. The number of amides is 1. The zero-order valence-electron chi connectivity index (χ0n) is 18.8. The maximum Gasteiger partial charge on any atom is 0.307 e. The largest absolute Gasteiger partial charge is 0.451 e. The molecular formula is C27H19ClN4O4. The molecule has 0 fully saturated rings. The van der Waals surface area contributed by atoms with Crippen LogP contribution in [-0.2, 0) is 6.54 Å². The van der Waals surface area contributed by atoms with E-state index in [0.717, 1.165) is 16.5 Å². The van der Waals surface area contributed by atoms with Crippen molar-refractivity contribution in [2.24, 2.45) is 5.10 Å². The van der Waals surface area contributed by atoms with Crippen molar-refractivity contribution in [2.75, 3.05) is 0 Å². The summed E-state index contributed by atoms with van der Waals surface area (Å²) in [5.74, 6) is -0.195. The fourth-order valence-corrected chi connectivity index (χ4v) is 4.19. The minimum atomic E-state index is -0.538. The van der Waals surface area contributed by atoms with Crippen molar-refractivity contribution in [3.63, 3.8) is 0 Å². The molecule has 3 aromatic carbocycles. The van der Waals surface area contributed by atoms with Crippen LogP contribution in [0.25, 0.3) is 22.2 Å². The van der Waals surface area contributed by atoms with Crippen molar-refractivity contribution in [1.29, 1.82) is 0 Å². The van der Waals surface area contributed by atoms with Gasteiger partial charge in [-0.3, -0.25) is 14.9 Å². The smallest absolute Gasteiger partial charge is 0.307 e. The third-order valence-corrected chi connectivity index (χ3v) is 5.96. The Morgan fingerprint density at radius 2 is 1.83 bits per heavy atom. The summed E-state index contributed by atoms with van der Waals surface area (Å²) in [5, 5.41) is 16.2. The lowest BCUT2D eigenvalue weighted by Gasteiger charge is -2.05. The number of nitro benzene ring substituents is 1. The molecule has 8 nitrogen and oxygen atoms in total. The summed E-state index contributed by atoms with van der Waals surface area (Å²) in [7, 11) is 0. The molecule has 0 unspecified atom stereocenters. The average Bonchev–Trinajstić information content (AvgIpc) is 3.50. The average molecular weight is 499 g/mol. The Labute approximate surface area is 210 Å². The summed E-state index contributed by atoms with van der Waals surface area (Å²) < 4.78 is 7.75. The second-order valence-electron chi connectivity index (χ2n) is 8.00. The number of nitrogens with one attached hydrogen (secondary N) is 1. The van der Waals surface area contributed by atoms with E-state index in [4.69, 9.17) is 16.0 Å². The Hall–Kier alpha value is -4.69. The lowest BCUT2D eigenvalue weighted by molar-refractivity contribution is -0.384. The Balaban J connectivity index is 1.32. The number of carbonyl (C=O) groups is 1. The molecule has 0 aliphatic carbocycles. The normalized spacial score (nSPS) is 11.2. The van der Waals surface area contributed by atoms with E-state index in [2.05, 4.69) is 27.2 Å². The number of nitro groups is 1. The van der Waals surface area contributed by atoms with Crippen LogP contribution in [0.4, 0.5) is 5.69 Å². The number of rotatable bonds is 7. The van der Waals surface area contributed by atoms with Crippen molar-refractivity contribution in [3.05, 3.63) is 123 Å². The molecule has 178 valence electrons. The first kappa shape index (κ1) is 23.1. The van der Waals surface area contributed by atoms with Crippen molar-refractivity contribution >= 4 is 40.3 Å². The number of hydrogen-bond donors (Lipinski definition) is 1. The van der Waals surface area contributed by atoms with Crippen LogP contribution in [0.15, 0.2) is 101 Å². The van der Waals surface area contributed by atoms with Gasteiger partial charge in [-0.2, -0.15) is 5.10 Å². The first-order valence-electron chi connectivity index (χ1n) is 11.0. The molecule has 9 heteroatoms. The van der Waals surface area contributed by atoms with Gasteiger partial charge in [0.1, 0.15) is 5.76 Å². The Morgan fingerprint density at radius 1 is 1.06 bits per heavy atom. The van der Waals surface area contributed by atoms with E-state index in [1.165, 1.54) is 29.8 Å². The van der Waals surface area contributed by atoms with Crippen LogP contribution >= 0.6 is 11.6 Å². The second kappa shape index (κ2) is 9.89. The Bertz CT molecular complexity index is 1600. The van der Waals surface area contributed by atoms with Gasteiger partial charge in [-0.25, -0.2) is 5.43 Å². The lowest BCUT2D eigenvalue weighted by atomic mass is 10.1. The van der Waals surface area contributed by atoms with E-state index < -0.39 is 10.8 Å². The zero-order chi connectivity index (χ0) is 25.1. The molecular weight excluding hydrogens is 480 g/mol. The molecule has 0 atom stereocenters. The third kappa shape index (κ3) is 4.75. The summed E-state index contributed by atoms with van der Waals surface area (Å²) >= 11 is 6.16. The summed E-state index contributed by atoms with van der Waals surface area (Å²) in [4.78, 5) is 22.9. The van der Waals surface area contributed by atoms with Gasteiger partial charge in [0.25, 0.3) is 5.69 Å². The van der Waals surface area contributed by atoms with Crippen LogP contribution in [0.2, 0.25) is 5.02 Å². The number of benzene rings is 3. The maximum absolute atomic E-state index is 12.6. The molecule has 2 heterocycles. The number of furan rings is 1. The number of non-ortho nitro benzene ring substituents is 1. The molecule has 0 saturated heterocycles. The highest BCUT2D eigenvalue weighted by Gasteiger charge is 2.16. The number of carbonyl (C=O) groups excluding carboxylic acids is 1. The molecule has 0 bridgehead atoms. The summed E-state index contributed by atoms with van der Waals surface area (Å²) in [6, 6.07) is 25.2. The van der Waals surface area contributed by atoms with Crippen molar-refractivity contribution < 1.29 is 14.1 Å². The van der Waals surface area contributed by atoms with E-state index >= 15 is 0 Å².